The molecule has 3 aliphatic rings. The SMILES string of the molecule is CC1(C)CC2(CC(C)(C)c3c(N(c4ccc(-c5ccccc5)cc4)c4cccc5c4-c4ccccc4C5(C)C)cccc32)c2ccccc21. The molecule has 0 saturated carbocycles. The maximum atomic E-state index is 2.59. The Bertz CT molecular complexity index is 2250. The Labute approximate surface area is 292 Å². The van der Waals surface area contributed by atoms with Crippen molar-refractivity contribution in [2.45, 2.75) is 76.0 Å². The predicted molar refractivity (Wildman–Crippen MR) is 207 cm³/mol. The Morgan fingerprint density at radius 1 is 0.429 bits per heavy atom. The molecule has 1 unspecified atom stereocenters. The molecule has 1 atom stereocenters. The largest absolute Gasteiger partial charge is 0.310 e. The molecule has 0 fully saturated rings. The van der Waals surface area contributed by atoms with Gasteiger partial charge in [-0.2, -0.15) is 0 Å². The molecule has 0 saturated heterocycles. The summed E-state index contributed by atoms with van der Waals surface area (Å²) in [7, 11) is 0. The number of hydrogen-bond donors (Lipinski definition) is 0. The van der Waals surface area contributed by atoms with Crippen molar-refractivity contribution in [3.63, 3.8) is 0 Å². The third-order valence-corrected chi connectivity index (χ3v) is 12.2. The Morgan fingerprint density at radius 2 is 0.980 bits per heavy atom. The van der Waals surface area contributed by atoms with Crippen LogP contribution in [0, 0.1) is 0 Å². The lowest BCUT2D eigenvalue weighted by atomic mass is 9.72. The average molecular weight is 636 g/mol. The van der Waals surface area contributed by atoms with Crippen molar-refractivity contribution < 1.29 is 0 Å². The van der Waals surface area contributed by atoms with E-state index in [4.69, 9.17) is 0 Å². The number of nitrogens with zero attached hydrogens (tertiary/aromatic N) is 1. The van der Waals surface area contributed by atoms with Crippen LogP contribution in [-0.4, -0.2) is 0 Å². The van der Waals surface area contributed by atoms with Crippen molar-refractivity contribution in [1.29, 1.82) is 0 Å². The molecule has 0 heterocycles. The summed E-state index contributed by atoms with van der Waals surface area (Å²) in [6, 6.07) is 52.5. The van der Waals surface area contributed by atoms with E-state index in [2.05, 4.69) is 186 Å². The van der Waals surface area contributed by atoms with Crippen molar-refractivity contribution in [2.24, 2.45) is 0 Å². The van der Waals surface area contributed by atoms with Crippen LogP contribution in [0.5, 0.6) is 0 Å². The summed E-state index contributed by atoms with van der Waals surface area (Å²) in [6.07, 6.45) is 2.24. The van der Waals surface area contributed by atoms with E-state index >= 15 is 0 Å². The smallest absolute Gasteiger partial charge is 0.0543 e. The Kier molecular flexibility index (Phi) is 6.36. The van der Waals surface area contributed by atoms with Gasteiger partial charge in [0.1, 0.15) is 0 Å². The van der Waals surface area contributed by atoms with Crippen LogP contribution >= 0.6 is 0 Å². The van der Waals surface area contributed by atoms with Gasteiger partial charge in [-0.1, -0.05) is 157 Å². The zero-order chi connectivity index (χ0) is 33.8. The molecule has 1 heteroatoms. The first-order valence-electron chi connectivity index (χ1n) is 18.0. The van der Waals surface area contributed by atoms with Crippen molar-refractivity contribution >= 4 is 17.1 Å². The molecule has 6 aromatic rings. The first kappa shape index (κ1) is 30.2. The number of fused-ring (bicyclic) bond motifs is 7. The summed E-state index contributed by atoms with van der Waals surface area (Å²) in [4.78, 5) is 2.59. The molecule has 242 valence electrons. The van der Waals surface area contributed by atoms with Crippen molar-refractivity contribution in [1.82, 2.24) is 0 Å². The lowest BCUT2D eigenvalue weighted by Crippen LogP contribution is -2.26. The van der Waals surface area contributed by atoms with Gasteiger partial charge in [-0.15, -0.1) is 0 Å². The number of benzene rings is 6. The molecule has 0 aliphatic heterocycles. The molecule has 3 aliphatic carbocycles. The quantitative estimate of drug-likeness (QED) is 0.186. The molecule has 6 aromatic carbocycles. The van der Waals surface area contributed by atoms with Gasteiger partial charge in [0.05, 0.1) is 11.4 Å². The minimum absolute atomic E-state index is 0.00893. The summed E-state index contributed by atoms with van der Waals surface area (Å²) in [6.45, 7) is 14.6. The maximum absolute atomic E-state index is 2.59. The maximum Gasteiger partial charge on any atom is 0.0543 e. The number of anilines is 3. The molecule has 0 radical (unpaired) electrons. The average Bonchev–Trinajstić information content (AvgIpc) is 3.60. The van der Waals surface area contributed by atoms with Crippen LogP contribution < -0.4 is 4.90 Å². The second-order valence-electron chi connectivity index (χ2n) is 16.6. The Hall–Kier alpha value is -4.88. The summed E-state index contributed by atoms with van der Waals surface area (Å²) >= 11 is 0. The molecular weight excluding hydrogens is 591 g/mol. The van der Waals surface area contributed by atoms with Crippen LogP contribution in [0.25, 0.3) is 22.3 Å². The molecule has 0 N–H and O–H groups in total. The molecule has 1 spiro atoms. The van der Waals surface area contributed by atoms with E-state index < -0.39 is 0 Å². The molecule has 49 heavy (non-hydrogen) atoms. The van der Waals surface area contributed by atoms with Crippen molar-refractivity contribution in [3.05, 3.63) is 173 Å². The Morgan fingerprint density at radius 3 is 1.71 bits per heavy atom. The summed E-state index contributed by atoms with van der Waals surface area (Å²) in [5.74, 6) is 0. The second-order valence-corrected chi connectivity index (χ2v) is 16.6. The van der Waals surface area contributed by atoms with Gasteiger partial charge in [0, 0.05) is 22.1 Å². The highest BCUT2D eigenvalue weighted by atomic mass is 15.2. The highest BCUT2D eigenvalue weighted by Gasteiger charge is 2.57. The van der Waals surface area contributed by atoms with E-state index in [1.807, 2.05) is 0 Å². The molecule has 0 amide bonds. The van der Waals surface area contributed by atoms with Gasteiger partial charge < -0.3 is 4.90 Å². The molecule has 0 aromatic heterocycles. The van der Waals surface area contributed by atoms with E-state index in [0.29, 0.717) is 0 Å². The van der Waals surface area contributed by atoms with Gasteiger partial charge >= 0.3 is 0 Å². The number of hydrogen-bond acceptors (Lipinski definition) is 1. The van der Waals surface area contributed by atoms with Crippen molar-refractivity contribution in [3.8, 4) is 22.3 Å². The third-order valence-electron chi connectivity index (χ3n) is 12.2. The Balaban J connectivity index is 1.31. The lowest BCUT2D eigenvalue weighted by molar-refractivity contribution is 0.350. The highest BCUT2D eigenvalue weighted by molar-refractivity contribution is 5.96. The molecule has 0 bridgehead atoms. The van der Waals surface area contributed by atoms with Gasteiger partial charge in [-0.3, -0.25) is 0 Å². The fourth-order valence-corrected chi connectivity index (χ4v) is 10.4. The van der Waals surface area contributed by atoms with E-state index in [9.17, 15) is 0 Å². The fourth-order valence-electron chi connectivity index (χ4n) is 10.4. The summed E-state index contributed by atoms with van der Waals surface area (Å²) < 4.78 is 0. The highest BCUT2D eigenvalue weighted by Crippen LogP contribution is 2.65. The zero-order valence-corrected chi connectivity index (χ0v) is 29.6. The van der Waals surface area contributed by atoms with Crippen LogP contribution in [-0.2, 0) is 21.7 Å². The summed E-state index contributed by atoms with van der Waals surface area (Å²) in [5.41, 5.74) is 17.7. The van der Waals surface area contributed by atoms with E-state index in [1.165, 1.54) is 72.7 Å². The fraction of sp³-hybridized carbons (Fsp3) is 0.250. The van der Waals surface area contributed by atoms with Crippen LogP contribution in [0.4, 0.5) is 17.1 Å². The second kappa shape index (κ2) is 10.3. The molecular formula is C48H45N. The van der Waals surface area contributed by atoms with Crippen LogP contribution in [0.2, 0.25) is 0 Å². The molecule has 9 rings (SSSR count). The minimum atomic E-state index is -0.0775. The minimum Gasteiger partial charge on any atom is -0.310 e. The zero-order valence-electron chi connectivity index (χ0n) is 29.6. The van der Waals surface area contributed by atoms with Gasteiger partial charge in [0.2, 0.25) is 0 Å². The lowest BCUT2D eigenvalue weighted by Gasteiger charge is -2.33. The van der Waals surface area contributed by atoms with Gasteiger partial charge in [0.25, 0.3) is 0 Å². The van der Waals surface area contributed by atoms with Crippen LogP contribution in [0.3, 0.4) is 0 Å². The third kappa shape index (κ3) is 4.24. The van der Waals surface area contributed by atoms with Gasteiger partial charge in [-0.05, 0) is 98.0 Å². The number of rotatable bonds is 4. The van der Waals surface area contributed by atoms with E-state index in [-0.39, 0.29) is 21.7 Å². The standard InChI is InChI=1S/C48H45N/c1-45(2)30-48(38-21-13-12-20-37(38)45)31-46(3,4)44-40(48)23-15-25-42(44)49(34-28-26-33(27-29-34)32-16-8-7-9-17-32)41-24-14-22-39-43(41)35-18-10-11-19-36(35)47(39,5)6/h7-29H,30-31H2,1-6H3. The van der Waals surface area contributed by atoms with Crippen molar-refractivity contribution in [2.75, 3.05) is 4.90 Å². The molecule has 1 nitrogen and oxygen atoms in total. The normalized spacial score (nSPS) is 20.0. The van der Waals surface area contributed by atoms with Gasteiger partial charge in [0.15, 0.2) is 0 Å². The van der Waals surface area contributed by atoms with E-state index in [0.717, 1.165) is 12.8 Å². The van der Waals surface area contributed by atoms with Gasteiger partial charge in [-0.25, -0.2) is 0 Å². The first-order chi connectivity index (χ1) is 23.5. The predicted octanol–water partition coefficient (Wildman–Crippen LogP) is 12.8. The monoisotopic (exact) mass is 635 g/mol. The summed E-state index contributed by atoms with van der Waals surface area (Å²) in [5, 5.41) is 0. The van der Waals surface area contributed by atoms with Crippen LogP contribution in [0.1, 0.15) is 87.8 Å². The topological polar surface area (TPSA) is 3.24 Å². The van der Waals surface area contributed by atoms with E-state index in [1.54, 1.807) is 0 Å². The first-order valence-corrected chi connectivity index (χ1v) is 18.0. The van der Waals surface area contributed by atoms with Crippen LogP contribution in [0.15, 0.2) is 140 Å².